The van der Waals surface area contributed by atoms with E-state index in [0.717, 1.165) is 23.0 Å². The minimum absolute atomic E-state index is 0.168. The van der Waals surface area contributed by atoms with Crippen LogP contribution < -0.4 is 4.74 Å². The molecule has 0 saturated carbocycles. The summed E-state index contributed by atoms with van der Waals surface area (Å²) in [6, 6.07) is 16.7. The van der Waals surface area contributed by atoms with E-state index < -0.39 is 12.1 Å². The van der Waals surface area contributed by atoms with Crippen molar-refractivity contribution in [3.8, 4) is 5.75 Å². The summed E-state index contributed by atoms with van der Waals surface area (Å²) in [6.07, 6.45) is 1.65. The van der Waals surface area contributed by atoms with Crippen LogP contribution in [0, 0.1) is 0 Å². The molecule has 0 heterocycles. The van der Waals surface area contributed by atoms with Gasteiger partial charge >= 0.3 is 5.97 Å². The summed E-state index contributed by atoms with van der Waals surface area (Å²) in [7, 11) is 1.60. The monoisotopic (exact) mass is 354 g/mol. The fraction of sp³-hybridized carbons (Fsp3) is 0.238. The number of esters is 1. The molecule has 0 amide bonds. The lowest BCUT2D eigenvalue weighted by atomic mass is 10.2. The van der Waals surface area contributed by atoms with Gasteiger partial charge in [-0.15, -0.1) is 0 Å². The van der Waals surface area contributed by atoms with Crippen LogP contribution >= 0.6 is 0 Å². The molecule has 0 fully saturated rings. The van der Waals surface area contributed by atoms with Gasteiger partial charge < -0.3 is 14.2 Å². The highest BCUT2D eigenvalue weighted by molar-refractivity contribution is 5.98. The first kappa shape index (κ1) is 19.4. The molecule has 2 aromatic carbocycles. The Hall–Kier alpha value is -2.92. The summed E-state index contributed by atoms with van der Waals surface area (Å²) in [5, 5.41) is 0. The molecule has 0 N–H and O–H groups in total. The van der Waals surface area contributed by atoms with E-state index in [1.165, 1.54) is 6.08 Å². The van der Waals surface area contributed by atoms with Crippen LogP contribution in [-0.4, -0.2) is 25.0 Å². The Morgan fingerprint density at radius 2 is 1.58 bits per heavy atom. The first-order chi connectivity index (χ1) is 12.6. The SMILES string of the molecule is COc1ccc(CO[C@H](C)C(=O)/C=C/C(=O)OCc2ccccc2)cc1. The maximum Gasteiger partial charge on any atom is 0.331 e. The van der Waals surface area contributed by atoms with Gasteiger partial charge in [0, 0.05) is 6.08 Å². The van der Waals surface area contributed by atoms with Crippen LogP contribution in [0.15, 0.2) is 66.7 Å². The Bertz CT molecular complexity index is 735. The summed E-state index contributed by atoms with van der Waals surface area (Å²) in [5.74, 6) is -0.102. The zero-order chi connectivity index (χ0) is 18.8. The smallest absolute Gasteiger partial charge is 0.331 e. The molecule has 0 aliphatic carbocycles. The maximum absolute atomic E-state index is 12.0. The molecule has 0 bridgehead atoms. The highest BCUT2D eigenvalue weighted by atomic mass is 16.5. The lowest BCUT2D eigenvalue weighted by Gasteiger charge is -2.10. The molecule has 0 aromatic heterocycles. The van der Waals surface area contributed by atoms with Gasteiger partial charge in [0.25, 0.3) is 0 Å². The lowest BCUT2D eigenvalue weighted by molar-refractivity contribution is -0.139. The number of ether oxygens (including phenoxy) is 3. The molecule has 0 aliphatic heterocycles. The van der Waals surface area contributed by atoms with Gasteiger partial charge in [-0.1, -0.05) is 42.5 Å². The first-order valence-corrected chi connectivity index (χ1v) is 8.25. The zero-order valence-electron chi connectivity index (χ0n) is 14.9. The van der Waals surface area contributed by atoms with Crippen molar-refractivity contribution in [3.05, 3.63) is 77.9 Å². The molecule has 5 heteroatoms. The quantitative estimate of drug-likeness (QED) is 0.510. The molecule has 2 aromatic rings. The van der Waals surface area contributed by atoms with E-state index >= 15 is 0 Å². The van der Waals surface area contributed by atoms with Crippen molar-refractivity contribution in [2.45, 2.75) is 26.2 Å². The van der Waals surface area contributed by atoms with Crippen molar-refractivity contribution in [1.29, 1.82) is 0 Å². The number of carbonyl (C=O) groups excluding carboxylic acids is 2. The summed E-state index contributed by atoms with van der Waals surface area (Å²) in [6.45, 7) is 2.11. The Kier molecular flexibility index (Phi) is 7.58. The van der Waals surface area contributed by atoms with E-state index in [9.17, 15) is 9.59 Å². The van der Waals surface area contributed by atoms with Crippen molar-refractivity contribution in [2.24, 2.45) is 0 Å². The summed E-state index contributed by atoms with van der Waals surface area (Å²) >= 11 is 0. The number of methoxy groups -OCH3 is 1. The van der Waals surface area contributed by atoms with Gasteiger partial charge in [0.1, 0.15) is 18.5 Å². The molecular weight excluding hydrogens is 332 g/mol. The molecule has 0 unspecified atom stereocenters. The second kappa shape index (κ2) is 10.2. The van der Waals surface area contributed by atoms with Crippen molar-refractivity contribution in [3.63, 3.8) is 0 Å². The number of carbonyl (C=O) groups is 2. The third kappa shape index (κ3) is 6.53. The lowest BCUT2D eigenvalue weighted by Crippen LogP contribution is -2.19. The van der Waals surface area contributed by atoms with E-state index in [1.54, 1.807) is 14.0 Å². The van der Waals surface area contributed by atoms with E-state index in [4.69, 9.17) is 14.2 Å². The number of hydrogen-bond acceptors (Lipinski definition) is 5. The largest absolute Gasteiger partial charge is 0.497 e. The molecule has 0 saturated heterocycles. The molecule has 2 rings (SSSR count). The van der Waals surface area contributed by atoms with Gasteiger partial charge in [-0.25, -0.2) is 4.79 Å². The van der Waals surface area contributed by atoms with Crippen molar-refractivity contribution in [1.82, 2.24) is 0 Å². The van der Waals surface area contributed by atoms with Crippen LogP contribution in [0.25, 0.3) is 0 Å². The van der Waals surface area contributed by atoms with Gasteiger partial charge in [-0.2, -0.15) is 0 Å². The Balaban J connectivity index is 1.74. The molecule has 0 spiro atoms. The van der Waals surface area contributed by atoms with Crippen molar-refractivity contribution >= 4 is 11.8 Å². The second-order valence-electron chi connectivity index (χ2n) is 5.63. The average molecular weight is 354 g/mol. The third-order valence-corrected chi connectivity index (χ3v) is 3.67. The maximum atomic E-state index is 12.0. The fourth-order valence-electron chi connectivity index (χ4n) is 2.09. The molecule has 5 nitrogen and oxygen atoms in total. The van der Waals surface area contributed by atoms with Gasteiger partial charge in [0.15, 0.2) is 5.78 Å². The Morgan fingerprint density at radius 1 is 0.923 bits per heavy atom. The minimum Gasteiger partial charge on any atom is -0.497 e. The topological polar surface area (TPSA) is 61.8 Å². The molecular formula is C21H22O5. The van der Waals surface area contributed by atoms with Crippen LogP contribution in [0.5, 0.6) is 5.75 Å². The molecule has 0 aliphatic rings. The first-order valence-electron chi connectivity index (χ1n) is 8.25. The highest BCUT2D eigenvalue weighted by Gasteiger charge is 2.11. The molecule has 136 valence electrons. The molecule has 0 radical (unpaired) electrons. The summed E-state index contributed by atoms with van der Waals surface area (Å²) < 4.78 is 15.7. The van der Waals surface area contributed by atoms with E-state index in [1.807, 2.05) is 54.6 Å². The average Bonchev–Trinajstić information content (AvgIpc) is 2.69. The van der Waals surface area contributed by atoms with Gasteiger partial charge in [0.2, 0.25) is 0 Å². The molecule has 26 heavy (non-hydrogen) atoms. The Labute approximate surface area is 153 Å². The number of ketones is 1. The molecule has 1 atom stereocenters. The summed E-state index contributed by atoms with van der Waals surface area (Å²) in [4.78, 5) is 23.7. The van der Waals surface area contributed by atoms with E-state index in [0.29, 0.717) is 6.61 Å². The van der Waals surface area contributed by atoms with Crippen LogP contribution in [0.1, 0.15) is 18.1 Å². The van der Waals surface area contributed by atoms with Crippen molar-refractivity contribution < 1.29 is 23.8 Å². The zero-order valence-corrected chi connectivity index (χ0v) is 14.9. The van der Waals surface area contributed by atoms with Crippen LogP contribution in [0.4, 0.5) is 0 Å². The van der Waals surface area contributed by atoms with Crippen LogP contribution in [0.2, 0.25) is 0 Å². The number of benzene rings is 2. The highest BCUT2D eigenvalue weighted by Crippen LogP contribution is 2.12. The van der Waals surface area contributed by atoms with Crippen molar-refractivity contribution in [2.75, 3.05) is 7.11 Å². The van der Waals surface area contributed by atoms with E-state index in [2.05, 4.69) is 0 Å². The van der Waals surface area contributed by atoms with Gasteiger partial charge in [-0.3, -0.25) is 4.79 Å². The number of rotatable bonds is 9. The summed E-state index contributed by atoms with van der Waals surface area (Å²) in [5.41, 5.74) is 1.81. The number of hydrogen-bond donors (Lipinski definition) is 0. The van der Waals surface area contributed by atoms with Crippen LogP contribution in [0.3, 0.4) is 0 Å². The predicted molar refractivity (Wildman–Crippen MR) is 97.6 cm³/mol. The van der Waals surface area contributed by atoms with E-state index in [-0.39, 0.29) is 12.4 Å². The Morgan fingerprint density at radius 3 is 2.23 bits per heavy atom. The van der Waals surface area contributed by atoms with Crippen LogP contribution in [-0.2, 0) is 32.3 Å². The third-order valence-electron chi connectivity index (χ3n) is 3.67. The standard InChI is InChI=1S/C21H22O5/c1-16(25-14-18-8-10-19(24-2)11-9-18)20(22)12-13-21(23)26-15-17-6-4-3-5-7-17/h3-13,16H,14-15H2,1-2H3/b13-12+/t16-/m1/s1. The minimum atomic E-state index is -0.657. The predicted octanol–water partition coefficient (Wildman–Crippen LogP) is 3.47. The van der Waals surface area contributed by atoms with Gasteiger partial charge in [0.05, 0.1) is 13.7 Å². The normalized spacial score (nSPS) is 11.9. The second-order valence-corrected chi connectivity index (χ2v) is 5.63. The fourth-order valence-corrected chi connectivity index (χ4v) is 2.09. The van der Waals surface area contributed by atoms with Gasteiger partial charge in [-0.05, 0) is 36.3 Å².